The second-order valence-corrected chi connectivity index (χ2v) is 11.1. The molecule has 5 heterocycles. The summed E-state index contributed by atoms with van der Waals surface area (Å²) in [5.41, 5.74) is -0.0247. The van der Waals surface area contributed by atoms with Crippen LogP contribution in [-0.2, 0) is 10.5 Å². The van der Waals surface area contributed by atoms with Crippen LogP contribution in [0.1, 0.15) is 32.5 Å². The zero-order valence-corrected chi connectivity index (χ0v) is 20.8. The van der Waals surface area contributed by atoms with Gasteiger partial charge in [0.15, 0.2) is 23.1 Å². The summed E-state index contributed by atoms with van der Waals surface area (Å²) >= 11 is 3.00. The fraction of sp³-hybridized carbons (Fsp3) is 0.231. The molecule has 37 heavy (non-hydrogen) atoms. The van der Waals surface area contributed by atoms with E-state index in [1.807, 2.05) is 29.3 Å². The molecule has 1 fully saturated rings. The van der Waals surface area contributed by atoms with E-state index in [1.165, 1.54) is 28.7 Å². The van der Waals surface area contributed by atoms with E-state index in [4.69, 9.17) is 4.74 Å². The van der Waals surface area contributed by atoms with Gasteiger partial charge in [0, 0.05) is 50.0 Å². The second kappa shape index (κ2) is 8.30. The number of thiophene rings is 1. The lowest BCUT2D eigenvalue weighted by Crippen LogP contribution is -2.66. The minimum absolute atomic E-state index is 0.158. The maximum Gasteiger partial charge on any atom is 0.278 e. The molecule has 1 amide bonds. The van der Waals surface area contributed by atoms with E-state index >= 15 is 4.39 Å². The first-order valence-corrected chi connectivity index (χ1v) is 13.5. The molecule has 7 nitrogen and oxygen atoms in total. The maximum atomic E-state index is 15.3. The van der Waals surface area contributed by atoms with E-state index < -0.39 is 40.9 Å². The number of morpholine rings is 1. The molecule has 7 rings (SSSR count). The van der Waals surface area contributed by atoms with Crippen LogP contribution in [-0.4, -0.2) is 46.5 Å². The Kier molecular flexibility index (Phi) is 5.11. The molecule has 4 aromatic rings. The summed E-state index contributed by atoms with van der Waals surface area (Å²) < 4.78 is 38.0. The second-order valence-electron chi connectivity index (χ2n) is 9.07. The Balaban J connectivity index is 1.57. The van der Waals surface area contributed by atoms with E-state index in [9.17, 15) is 19.1 Å². The number of amides is 1. The fourth-order valence-electron chi connectivity index (χ4n) is 5.46. The van der Waals surface area contributed by atoms with Crippen LogP contribution < -0.4 is 10.4 Å². The predicted octanol–water partition coefficient (Wildman–Crippen LogP) is 4.19. The zero-order valence-electron chi connectivity index (χ0n) is 19.2. The first-order valence-electron chi connectivity index (χ1n) is 11.7. The third-order valence-electron chi connectivity index (χ3n) is 7.15. The summed E-state index contributed by atoms with van der Waals surface area (Å²) in [4.78, 5) is 29.3. The van der Waals surface area contributed by atoms with Crippen molar-refractivity contribution in [2.24, 2.45) is 0 Å². The molecule has 2 aromatic carbocycles. The number of halogens is 2. The van der Waals surface area contributed by atoms with Crippen LogP contribution in [0, 0.1) is 11.6 Å². The van der Waals surface area contributed by atoms with Crippen molar-refractivity contribution in [3.8, 4) is 5.75 Å². The maximum absolute atomic E-state index is 15.3. The molecule has 1 N–H and O–H groups in total. The quantitative estimate of drug-likeness (QED) is 0.391. The minimum Gasteiger partial charge on any atom is -0.502 e. The summed E-state index contributed by atoms with van der Waals surface area (Å²) in [6.07, 6.45) is 0.842. The van der Waals surface area contributed by atoms with Crippen LogP contribution in [0.3, 0.4) is 0 Å². The summed E-state index contributed by atoms with van der Waals surface area (Å²) in [7, 11) is 0. The molecular weight excluding hydrogens is 520 g/mol. The first-order chi connectivity index (χ1) is 18.0. The van der Waals surface area contributed by atoms with Crippen molar-refractivity contribution in [3.63, 3.8) is 0 Å². The van der Waals surface area contributed by atoms with Crippen molar-refractivity contribution in [3.05, 3.63) is 92.2 Å². The number of rotatable bonds is 1. The normalized spacial score (nSPS) is 20.8. The van der Waals surface area contributed by atoms with Gasteiger partial charge in [0.25, 0.3) is 5.91 Å². The highest BCUT2D eigenvalue weighted by Crippen LogP contribution is 2.51. The molecule has 0 radical (unpaired) electrons. The summed E-state index contributed by atoms with van der Waals surface area (Å²) in [5, 5.41) is 13.6. The Bertz CT molecular complexity index is 1670. The van der Waals surface area contributed by atoms with E-state index in [0.717, 1.165) is 25.9 Å². The number of aromatic hydroxyl groups is 1. The molecule has 0 spiro atoms. The lowest BCUT2D eigenvalue weighted by atomic mass is 9.97. The average molecular weight is 540 g/mol. The van der Waals surface area contributed by atoms with Gasteiger partial charge < -0.3 is 14.7 Å². The zero-order chi connectivity index (χ0) is 25.4. The SMILES string of the molecule is O=C1c2c(O)c(=O)ccn2N(C2c3ccc(F)c(F)c3CSc3c2sc2ccccc32)C2COCCN12. The molecule has 1 saturated heterocycles. The van der Waals surface area contributed by atoms with Crippen LogP contribution in [0.2, 0.25) is 0 Å². The van der Waals surface area contributed by atoms with Gasteiger partial charge in [0.05, 0.1) is 13.2 Å². The lowest BCUT2D eigenvalue weighted by molar-refractivity contribution is -0.0196. The Hall–Kier alpha value is -3.41. The van der Waals surface area contributed by atoms with Crippen LogP contribution >= 0.6 is 23.1 Å². The molecule has 0 saturated carbocycles. The van der Waals surface area contributed by atoms with Crippen molar-refractivity contribution < 1.29 is 23.4 Å². The molecular formula is C26H19F2N3O4S2. The molecule has 188 valence electrons. The fourth-order valence-corrected chi connectivity index (χ4v) is 8.21. The minimum atomic E-state index is -0.925. The number of nitrogens with zero attached hydrogens (tertiary/aromatic N) is 3. The molecule has 2 unspecified atom stereocenters. The highest BCUT2D eigenvalue weighted by atomic mass is 32.2. The molecule has 3 aliphatic heterocycles. The smallest absolute Gasteiger partial charge is 0.278 e. The Labute approximate surface area is 217 Å². The van der Waals surface area contributed by atoms with Crippen molar-refractivity contribution in [2.75, 3.05) is 24.8 Å². The van der Waals surface area contributed by atoms with E-state index in [2.05, 4.69) is 0 Å². The van der Waals surface area contributed by atoms with Gasteiger partial charge in [-0.25, -0.2) is 8.78 Å². The third-order valence-corrected chi connectivity index (χ3v) is 9.66. The molecule has 2 atom stereocenters. The first kappa shape index (κ1) is 22.8. The summed E-state index contributed by atoms with van der Waals surface area (Å²) in [5.74, 6) is -2.73. The lowest BCUT2D eigenvalue weighted by Gasteiger charge is -2.51. The van der Waals surface area contributed by atoms with Gasteiger partial charge in [0.1, 0.15) is 12.2 Å². The topological polar surface area (TPSA) is 75.0 Å². The predicted molar refractivity (Wildman–Crippen MR) is 136 cm³/mol. The number of aromatic nitrogens is 1. The number of hydrogen-bond acceptors (Lipinski definition) is 7. The van der Waals surface area contributed by atoms with Crippen LogP contribution in [0.25, 0.3) is 10.1 Å². The van der Waals surface area contributed by atoms with Crippen LogP contribution in [0.5, 0.6) is 5.75 Å². The highest BCUT2D eigenvalue weighted by molar-refractivity contribution is 7.99. The van der Waals surface area contributed by atoms with Crippen LogP contribution in [0.4, 0.5) is 8.78 Å². The number of benzene rings is 2. The number of fused-ring (bicyclic) bond motifs is 6. The summed E-state index contributed by atoms with van der Waals surface area (Å²) in [6, 6.07) is 11.2. The van der Waals surface area contributed by atoms with Crippen molar-refractivity contribution in [1.29, 1.82) is 0 Å². The molecule has 0 bridgehead atoms. The van der Waals surface area contributed by atoms with Gasteiger partial charge in [-0.15, -0.1) is 23.1 Å². The van der Waals surface area contributed by atoms with Gasteiger partial charge in [-0.05, 0) is 17.7 Å². The number of pyridine rings is 1. The van der Waals surface area contributed by atoms with Gasteiger partial charge in [-0.2, -0.15) is 0 Å². The molecule has 3 aliphatic rings. The Morgan fingerprint density at radius 3 is 2.78 bits per heavy atom. The van der Waals surface area contributed by atoms with E-state index in [1.54, 1.807) is 22.3 Å². The highest BCUT2D eigenvalue weighted by Gasteiger charge is 2.46. The van der Waals surface area contributed by atoms with Gasteiger partial charge in [-0.3, -0.25) is 19.3 Å². The average Bonchev–Trinajstić information content (AvgIpc) is 3.19. The van der Waals surface area contributed by atoms with Crippen LogP contribution in [0.15, 0.2) is 58.4 Å². The standard InChI is InChI=1S/C26H19F2N3O4S2/c27-16-6-5-13-15(20(16)28)12-36-24-14-3-1-2-4-18(14)37-25(24)21(13)31-19-11-35-10-9-29(19)26(34)22-23(33)17(32)7-8-30(22)31/h1-8,19,21,33H,9-12H2. The molecule has 0 aliphatic carbocycles. The van der Waals surface area contributed by atoms with E-state index in [-0.39, 0.29) is 30.2 Å². The monoisotopic (exact) mass is 539 g/mol. The number of thioether (sulfide) groups is 1. The number of ether oxygens (including phenoxy) is 1. The van der Waals surface area contributed by atoms with Crippen molar-refractivity contribution in [1.82, 2.24) is 9.58 Å². The van der Waals surface area contributed by atoms with Gasteiger partial charge in [-0.1, -0.05) is 24.3 Å². The van der Waals surface area contributed by atoms with Crippen molar-refractivity contribution in [2.45, 2.75) is 22.9 Å². The Morgan fingerprint density at radius 2 is 1.92 bits per heavy atom. The Morgan fingerprint density at radius 1 is 1.08 bits per heavy atom. The number of hydrogen-bond donors (Lipinski definition) is 1. The van der Waals surface area contributed by atoms with E-state index in [0.29, 0.717) is 12.2 Å². The largest absolute Gasteiger partial charge is 0.502 e. The van der Waals surface area contributed by atoms with Crippen molar-refractivity contribution >= 4 is 39.1 Å². The number of carbonyl (C=O) groups excluding carboxylic acids is 1. The third kappa shape index (κ3) is 3.20. The number of carbonyl (C=O) groups is 1. The molecule has 11 heteroatoms. The van der Waals surface area contributed by atoms with Gasteiger partial charge >= 0.3 is 0 Å². The molecule has 2 aromatic heterocycles. The summed E-state index contributed by atoms with van der Waals surface area (Å²) in [6.45, 7) is 0.730. The van der Waals surface area contributed by atoms with Gasteiger partial charge in [0.2, 0.25) is 5.43 Å².